The Bertz CT molecular complexity index is 3910. The number of carbonyl (C=O) groups is 1. The first kappa shape index (κ1) is 77.3. The number of amides is 1. The van der Waals surface area contributed by atoms with Crippen molar-refractivity contribution in [3.8, 4) is 11.6 Å². The van der Waals surface area contributed by atoms with E-state index in [1.807, 2.05) is 64.9 Å². The molecule has 0 radical (unpaired) electrons. The zero-order valence-electron chi connectivity index (χ0n) is 59.3. The number of nitrogens with two attached hydrogens (primary N) is 1. The van der Waals surface area contributed by atoms with E-state index in [0.717, 1.165) is 147 Å². The molecular weight excluding hydrogens is 1330 g/mol. The van der Waals surface area contributed by atoms with Crippen LogP contribution in [-0.4, -0.2) is 228 Å². The van der Waals surface area contributed by atoms with Crippen molar-refractivity contribution in [3.05, 3.63) is 174 Å². The number of hydrogen-bond donors (Lipinski definition) is 4. The van der Waals surface area contributed by atoms with Crippen LogP contribution >= 0.6 is 0 Å². The molecule has 5 aromatic carbocycles. The smallest absolute Gasteiger partial charge is 0.236 e. The van der Waals surface area contributed by atoms with Gasteiger partial charge in [-0.1, -0.05) is 0 Å². The van der Waals surface area contributed by atoms with Crippen LogP contribution in [0.3, 0.4) is 0 Å². The van der Waals surface area contributed by atoms with Gasteiger partial charge in [-0.2, -0.15) is 9.50 Å². The highest BCUT2D eigenvalue weighted by Gasteiger charge is 2.29. The summed E-state index contributed by atoms with van der Waals surface area (Å²) in [7, 11) is 5.55. The van der Waals surface area contributed by atoms with Crippen LogP contribution < -0.4 is 51.1 Å². The van der Waals surface area contributed by atoms with Crippen molar-refractivity contribution in [2.45, 2.75) is 58.9 Å². The number of likely N-dealkylation sites (N-methyl/N-ethyl adjacent to an activating group) is 2. The summed E-state index contributed by atoms with van der Waals surface area (Å²) in [4.78, 5) is 42.0. The van der Waals surface area contributed by atoms with E-state index in [1.54, 1.807) is 19.4 Å². The number of carbonyl (C=O) groups excluding carboxylic acids is 1. The molecule has 3 atom stereocenters. The van der Waals surface area contributed by atoms with E-state index in [0.29, 0.717) is 84.4 Å². The number of furan rings is 1. The molecule has 20 nitrogen and oxygen atoms in total. The van der Waals surface area contributed by atoms with E-state index < -0.39 is 46.5 Å². The number of nitrogen functional groups attached to an aromatic ring is 1. The lowest BCUT2D eigenvalue weighted by Gasteiger charge is -2.40. The number of hydrogen-bond acceptors (Lipinski definition) is 18. The van der Waals surface area contributed by atoms with E-state index in [9.17, 15) is 44.3 Å². The fourth-order valence-corrected chi connectivity index (χ4v) is 12.9. The maximum absolute atomic E-state index is 13.7. The Balaban J connectivity index is 0.000000154. The van der Waals surface area contributed by atoms with E-state index in [4.69, 9.17) is 10.2 Å². The molecular formula is C73H95F9N18O2. The molecule has 5 aliphatic heterocycles. The van der Waals surface area contributed by atoms with Gasteiger partial charge in [0.1, 0.15) is 58.2 Å². The number of rotatable bonds is 15. The lowest BCUT2D eigenvalue weighted by Crippen LogP contribution is -2.53. The average molecular weight is 1430 g/mol. The van der Waals surface area contributed by atoms with E-state index in [-0.39, 0.29) is 23.7 Å². The van der Waals surface area contributed by atoms with Crippen molar-refractivity contribution < 1.29 is 48.7 Å². The minimum absolute atomic E-state index is 0.0218. The van der Waals surface area contributed by atoms with Crippen LogP contribution in [0.4, 0.5) is 79.7 Å². The van der Waals surface area contributed by atoms with Crippen molar-refractivity contribution in [3.63, 3.8) is 0 Å². The van der Waals surface area contributed by atoms with Crippen molar-refractivity contribution >= 4 is 51.8 Å². The Labute approximate surface area is 591 Å². The van der Waals surface area contributed by atoms with Gasteiger partial charge in [-0.15, -0.1) is 5.10 Å². The molecule has 5 aliphatic rings. The molecule has 13 rings (SSSR count). The lowest BCUT2D eigenvalue weighted by atomic mass is 10.2. The van der Waals surface area contributed by atoms with Crippen LogP contribution in [0.25, 0.3) is 17.2 Å². The van der Waals surface area contributed by atoms with Gasteiger partial charge < -0.3 is 55.5 Å². The number of benzene rings is 5. The predicted octanol–water partition coefficient (Wildman–Crippen LogP) is 9.50. The van der Waals surface area contributed by atoms with Crippen LogP contribution in [0.2, 0.25) is 0 Å². The number of nitrogens with one attached hydrogen (secondary N) is 3. The summed E-state index contributed by atoms with van der Waals surface area (Å²) in [5.74, 6) is -2.27. The largest absolute Gasteiger partial charge is 0.461 e. The Morgan fingerprint density at radius 3 is 1.36 bits per heavy atom. The summed E-state index contributed by atoms with van der Waals surface area (Å²) in [6, 6.07) is 27.7. The third kappa shape index (κ3) is 20.9. The number of halogens is 9. The summed E-state index contributed by atoms with van der Waals surface area (Å²) in [6.07, 6.45) is 1.91. The Morgan fingerprint density at radius 2 is 0.941 bits per heavy atom. The van der Waals surface area contributed by atoms with Crippen molar-refractivity contribution in [1.82, 2.24) is 55.1 Å². The molecule has 1 amide bonds. The fourth-order valence-electron chi connectivity index (χ4n) is 12.9. The molecule has 3 unspecified atom stereocenters. The summed E-state index contributed by atoms with van der Waals surface area (Å²) in [5.41, 5.74) is 9.77. The summed E-state index contributed by atoms with van der Waals surface area (Å²) >= 11 is 0. The van der Waals surface area contributed by atoms with Gasteiger partial charge in [0, 0.05) is 200 Å². The first-order valence-electron chi connectivity index (χ1n) is 34.6. The highest BCUT2D eigenvalue weighted by atomic mass is 19.2. The molecule has 0 aliphatic carbocycles. The third-order valence-corrected chi connectivity index (χ3v) is 19.1. The minimum Gasteiger partial charge on any atom is -0.461 e. The zero-order chi connectivity index (χ0) is 73.1. The molecule has 102 heavy (non-hydrogen) atoms. The molecule has 5 fully saturated rings. The zero-order valence-corrected chi connectivity index (χ0v) is 59.3. The normalized spacial score (nSPS) is 17.3. The number of anilines is 7. The number of piperazine rings is 5. The molecule has 3 aromatic heterocycles. The van der Waals surface area contributed by atoms with Gasteiger partial charge in [0.05, 0.1) is 41.2 Å². The van der Waals surface area contributed by atoms with Gasteiger partial charge in [-0.05, 0) is 127 Å². The fraction of sp³-hybridized carbons (Fsp3) is 0.452. The topological polar surface area (TPSA) is 168 Å². The van der Waals surface area contributed by atoms with E-state index >= 15 is 0 Å². The van der Waals surface area contributed by atoms with Gasteiger partial charge in [-0.25, -0.2) is 44.5 Å². The second-order valence-corrected chi connectivity index (χ2v) is 25.9. The number of aromatic nitrogens is 4. The SMILES string of the molecule is CC(C)N1CCN(c2ccc(F)cc2F)CC1.CC(CN(C)c1cc2nc(-c3ccco3)nn2c(N)n1)N1CCN(c2ccc(F)cc2)CC1.CNC(=O)C(C)N1CCN(c2ccc(F)cc2F)CC1.CNC(C)N1CCN(c2ccc(F)cc2F)CC1.Fc1ccc(N2CCNCC2)c(F)c1. The number of fused-ring (bicyclic) bond motifs is 1. The molecule has 0 saturated carbocycles. The molecule has 0 spiro atoms. The van der Waals surface area contributed by atoms with E-state index in [1.165, 1.54) is 65.2 Å². The third-order valence-electron chi connectivity index (χ3n) is 19.1. The second-order valence-electron chi connectivity index (χ2n) is 25.9. The highest BCUT2D eigenvalue weighted by Crippen LogP contribution is 2.28. The molecule has 29 heteroatoms. The summed E-state index contributed by atoms with van der Waals surface area (Å²) in [5, 5.41) is 13.4. The van der Waals surface area contributed by atoms with Crippen LogP contribution in [0.15, 0.2) is 126 Å². The summed E-state index contributed by atoms with van der Waals surface area (Å²) in [6.45, 7) is 27.5. The summed E-state index contributed by atoms with van der Waals surface area (Å²) < 4.78 is 126. The van der Waals surface area contributed by atoms with Gasteiger partial charge in [0.2, 0.25) is 17.7 Å². The highest BCUT2D eigenvalue weighted by molar-refractivity contribution is 5.81. The van der Waals surface area contributed by atoms with Gasteiger partial charge in [-0.3, -0.25) is 24.4 Å². The molecule has 8 aromatic rings. The van der Waals surface area contributed by atoms with Gasteiger partial charge in [0.15, 0.2) is 11.4 Å². The Kier molecular flexibility index (Phi) is 27.9. The predicted molar refractivity (Wildman–Crippen MR) is 385 cm³/mol. The molecule has 552 valence electrons. The molecule has 8 heterocycles. The lowest BCUT2D eigenvalue weighted by molar-refractivity contribution is -0.125. The van der Waals surface area contributed by atoms with Crippen LogP contribution in [0, 0.1) is 52.4 Å². The van der Waals surface area contributed by atoms with Gasteiger partial charge in [0.25, 0.3) is 0 Å². The standard InChI is InChI=1S/C23H27FN8O.C14H19F2N3O.C13H19F2N3.C13H18F2N2.C10H12F2N2/c1-16(30-9-11-31(12-10-30)18-7-5-17(24)6-8-18)15-29(2)20-14-21-26-22(19-4-3-13-33-19)28-32(21)23(25)27-20;1-10(14(20)17-2)18-5-7-19(8-6-18)13-4-3-11(15)9-12(13)16;1-10(16-2)17-5-7-18(8-6-17)13-4-3-11(14)9-12(13)15;1-10(2)16-5-7-17(8-6-16)13-4-3-11(14)9-12(13)15;11-8-1-2-10(9(12)7-8)14-5-3-13-4-6-14/h3-8,13-14,16H,9-12,15H2,1-2H3,(H2,25,27);3-4,9-10H,5-8H2,1-2H3,(H,17,20);3-4,9-10,16H,5-8H2,1-2H3;3-4,9-10H,5-8H2,1-2H3;1-2,7,13H,3-6H2. The Hall–Kier alpha value is -8.87. The first-order valence-corrected chi connectivity index (χ1v) is 34.6. The maximum atomic E-state index is 13.7. The van der Waals surface area contributed by atoms with Gasteiger partial charge >= 0.3 is 0 Å². The van der Waals surface area contributed by atoms with Crippen molar-refractivity contribution in [2.75, 3.05) is 194 Å². The minimum atomic E-state index is -0.571. The Morgan fingerprint density at radius 1 is 0.520 bits per heavy atom. The van der Waals surface area contributed by atoms with E-state index in [2.05, 4.69) is 88.1 Å². The van der Waals surface area contributed by atoms with Crippen LogP contribution in [0.5, 0.6) is 0 Å². The molecule has 5 saturated heterocycles. The maximum Gasteiger partial charge on any atom is 0.236 e. The quantitative estimate of drug-likeness (QED) is 0.0716. The first-order chi connectivity index (χ1) is 49.0. The molecule has 5 N–H and O–H groups in total. The van der Waals surface area contributed by atoms with Crippen LogP contribution in [-0.2, 0) is 4.79 Å². The average Bonchev–Trinajstić information content (AvgIpc) is 1.61. The monoisotopic (exact) mass is 1430 g/mol. The second kappa shape index (κ2) is 36.8. The van der Waals surface area contributed by atoms with Crippen LogP contribution in [0.1, 0.15) is 34.6 Å². The van der Waals surface area contributed by atoms with Crippen molar-refractivity contribution in [1.29, 1.82) is 0 Å². The number of nitrogens with zero attached hydrogens (tertiary/aromatic N) is 14. The van der Waals surface area contributed by atoms with Crippen molar-refractivity contribution in [2.24, 2.45) is 0 Å². The molecule has 0 bridgehead atoms.